The van der Waals surface area contributed by atoms with Gasteiger partial charge in [-0.3, -0.25) is 0 Å². The first-order valence-electron chi connectivity index (χ1n) is 8.30. The number of pyridine rings is 1. The van der Waals surface area contributed by atoms with E-state index in [-0.39, 0.29) is 30.7 Å². The van der Waals surface area contributed by atoms with Crippen molar-refractivity contribution < 1.29 is 31.1 Å². The number of hydrogen-bond donors (Lipinski definition) is 2. The number of alkyl halides is 6. The van der Waals surface area contributed by atoms with Crippen LogP contribution in [0.5, 0.6) is 5.88 Å². The van der Waals surface area contributed by atoms with Gasteiger partial charge in [-0.1, -0.05) is 0 Å². The smallest absolute Gasteiger partial charge is 0.434 e. The third-order valence-corrected chi connectivity index (χ3v) is 4.10. The second-order valence-corrected chi connectivity index (χ2v) is 6.39. The van der Waals surface area contributed by atoms with E-state index in [1.54, 1.807) is 6.92 Å². The minimum absolute atomic E-state index is 0.0879. The van der Waals surface area contributed by atoms with E-state index in [0.717, 1.165) is 28.8 Å². The molecule has 0 radical (unpaired) electrons. The van der Waals surface area contributed by atoms with Crippen LogP contribution in [-0.4, -0.2) is 35.6 Å². The molecule has 29 heavy (non-hydrogen) atoms. The van der Waals surface area contributed by atoms with E-state index in [1.165, 1.54) is 6.20 Å². The molecule has 0 fully saturated rings. The van der Waals surface area contributed by atoms with Crippen LogP contribution in [0.1, 0.15) is 23.2 Å². The van der Waals surface area contributed by atoms with E-state index >= 15 is 0 Å². The van der Waals surface area contributed by atoms with Gasteiger partial charge in [0.05, 0.1) is 13.1 Å². The molecule has 0 aliphatic rings. The number of hydrogen-bond acceptors (Lipinski definition) is 5. The van der Waals surface area contributed by atoms with Crippen molar-refractivity contribution in [2.24, 2.45) is 4.99 Å². The van der Waals surface area contributed by atoms with Gasteiger partial charge >= 0.3 is 12.4 Å². The largest absolute Gasteiger partial charge is 0.475 e. The first-order chi connectivity index (χ1) is 13.6. The Morgan fingerprint density at radius 3 is 2.55 bits per heavy atom. The first kappa shape index (κ1) is 22.7. The lowest BCUT2D eigenvalue weighted by Crippen LogP contribution is -2.39. The normalized spacial score (nSPS) is 12.7. The van der Waals surface area contributed by atoms with Crippen LogP contribution in [0, 0.1) is 0 Å². The highest BCUT2D eigenvalue weighted by Gasteiger charge is 2.35. The van der Waals surface area contributed by atoms with Crippen molar-refractivity contribution in [1.82, 2.24) is 20.6 Å². The summed E-state index contributed by atoms with van der Waals surface area (Å²) in [6.45, 7) is 2.11. The van der Waals surface area contributed by atoms with Crippen LogP contribution >= 0.6 is 11.3 Å². The van der Waals surface area contributed by atoms with Crippen molar-refractivity contribution in [2.75, 3.05) is 19.7 Å². The molecule has 0 saturated heterocycles. The van der Waals surface area contributed by atoms with Gasteiger partial charge in [0, 0.05) is 18.1 Å². The maximum absolute atomic E-state index is 12.9. The van der Waals surface area contributed by atoms with Crippen molar-refractivity contribution in [3.8, 4) is 5.88 Å². The number of aliphatic imine (C=N–C) groups is 1. The maximum Gasteiger partial charge on any atom is 0.434 e. The highest BCUT2D eigenvalue weighted by molar-refractivity contribution is 7.09. The third kappa shape index (κ3) is 7.07. The molecule has 6 nitrogen and oxygen atoms in total. The van der Waals surface area contributed by atoms with Crippen molar-refractivity contribution in [3.05, 3.63) is 40.0 Å². The van der Waals surface area contributed by atoms with E-state index in [2.05, 4.69) is 25.6 Å². The van der Waals surface area contributed by atoms with E-state index in [0.29, 0.717) is 6.54 Å². The number of thiazole rings is 1. The average Bonchev–Trinajstić information content (AvgIpc) is 3.12. The molecule has 0 atom stereocenters. The van der Waals surface area contributed by atoms with E-state index in [1.807, 2.05) is 0 Å². The third-order valence-electron chi connectivity index (χ3n) is 3.27. The van der Waals surface area contributed by atoms with Gasteiger partial charge < -0.3 is 15.4 Å². The van der Waals surface area contributed by atoms with Crippen LogP contribution in [0.3, 0.4) is 0 Å². The van der Waals surface area contributed by atoms with Gasteiger partial charge in [0.15, 0.2) is 11.7 Å². The second kappa shape index (κ2) is 9.76. The summed E-state index contributed by atoms with van der Waals surface area (Å²) in [7, 11) is 0. The fourth-order valence-electron chi connectivity index (χ4n) is 2.04. The molecule has 0 aliphatic carbocycles. The molecule has 2 aromatic rings. The highest BCUT2D eigenvalue weighted by Crippen LogP contribution is 2.34. The molecule has 160 valence electrons. The Balaban J connectivity index is 1.90. The van der Waals surface area contributed by atoms with E-state index in [4.69, 9.17) is 4.74 Å². The predicted molar refractivity (Wildman–Crippen MR) is 94.7 cm³/mol. The minimum atomic E-state index is -4.59. The number of guanidine groups is 1. The van der Waals surface area contributed by atoms with Crippen LogP contribution in [-0.2, 0) is 18.9 Å². The molecule has 0 aromatic carbocycles. The van der Waals surface area contributed by atoms with Gasteiger partial charge in [-0.25, -0.2) is 15.0 Å². The zero-order chi connectivity index (χ0) is 21.5. The van der Waals surface area contributed by atoms with Crippen molar-refractivity contribution in [2.45, 2.75) is 25.8 Å². The Bertz CT molecular complexity index is 821. The number of ether oxygens (including phenoxy) is 1. The monoisotopic (exact) mass is 441 g/mol. The van der Waals surface area contributed by atoms with Crippen molar-refractivity contribution in [3.63, 3.8) is 0 Å². The number of halogens is 6. The summed E-state index contributed by atoms with van der Waals surface area (Å²) in [5, 5.41) is 6.76. The quantitative estimate of drug-likeness (QED) is 0.297. The lowest BCUT2D eigenvalue weighted by Gasteiger charge is -2.14. The van der Waals surface area contributed by atoms with Crippen molar-refractivity contribution >= 4 is 17.3 Å². The van der Waals surface area contributed by atoms with Gasteiger partial charge in [0.2, 0.25) is 5.88 Å². The van der Waals surface area contributed by atoms with Crippen LogP contribution < -0.4 is 15.4 Å². The molecule has 0 saturated carbocycles. The zero-order valence-electron chi connectivity index (χ0n) is 15.1. The summed E-state index contributed by atoms with van der Waals surface area (Å²) >= 11 is 0.833. The summed E-state index contributed by atoms with van der Waals surface area (Å²) in [5.41, 5.74) is -1.96. The van der Waals surface area contributed by atoms with Gasteiger partial charge in [0.1, 0.15) is 17.2 Å². The molecular weight excluding hydrogens is 424 g/mol. The SMILES string of the molecule is CCNC(=NCc1nc(C(F)(F)F)cs1)NCCOc1ncccc1C(F)(F)F. The van der Waals surface area contributed by atoms with Gasteiger partial charge in [-0.15, -0.1) is 11.3 Å². The molecule has 0 amide bonds. The maximum atomic E-state index is 12.9. The van der Waals surface area contributed by atoms with Crippen LogP contribution in [0.15, 0.2) is 28.7 Å². The molecular formula is C16H17F6N5OS. The molecule has 0 bridgehead atoms. The number of rotatable bonds is 7. The van der Waals surface area contributed by atoms with Crippen LogP contribution in [0.25, 0.3) is 0 Å². The summed E-state index contributed by atoms with van der Waals surface area (Å²) in [4.78, 5) is 11.2. The lowest BCUT2D eigenvalue weighted by molar-refractivity contribution is -0.141. The Morgan fingerprint density at radius 2 is 1.93 bits per heavy atom. The molecule has 2 N–H and O–H groups in total. The summed E-state index contributed by atoms with van der Waals surface area (Å²) < 4.78 is 81.4. The van der Waals surface area contributed by atoms with E-state index in [9.17, 15) is 26.3 Å². The zero-order valence-corrected chi connectivity index (χ0v) is 15.9. The van der Waals surface area contributed by atoms with Crippen LogP contribution in [0.2, 0.25) is 0 Å². The average molecular weight is 441 g/mol. The molecule has 0 unspecified atom stereocenters. The van der Waals surface area contributed by atoms with E-state index < -0.39 is 29.5 Å². The first-order valence-corrected chi connectivity index (χ1v) is 9.18. The Kier molecular flexibility index (Phi) is 7.65. The fraction of sp³-hybridized carbons (Fsp3) is 0.438. The molecule has 2 aromatic heterocycles. The van der Waals surface area contributed by atoms with Gasteiger partial charge in [0.25, 0.3) is 0 Å². The Morgan fingerprint density at radius 1 is 1.17 bits per heavy atom. The topological polar surface area (TPSA) is 71.4 Å². The molecule has 0 spiro atoms. The predicted octanol–water partition coefficient (Wildman–Crippen LogP) is 3.71. The second-order valence-electron chi connectivity index (χ2n) is 5.45. The summed E-state index contributed by atoms with van der Waals surface area (Å²) in [6.07, 6.45) is -7.91. The lowest BCUT2D eigenvalue weighted by atomic mass is 10.2. The molecule has 2 heterocycles. The summed E-state index contributed by atoms with van der Waals surface area (Å²) in [5.74, 6) is -0.275. The molecule has 13 heteroatoms. The van der Waals surface area contributed by atoms with Crippen LogP contribution in [0.4, 0.5) is 26.3 Å². The van der Waals surface area contributed by atoms with Gasteiger partial charge in [-0.05, 0) is 19.1 Å². The van der Waals surface area contributed by atoms with Gasteiger partial charge in [-0.2, -0.15) is 26.3 Å². The summed E-state index contributed by atoms with van der Waals surface area (Å²) in [6, 6.07) is 2.02. The minimum Gasteiger partial charge on any atom is -0.475 e. The number of nitrogens with zero attached hydrogens (tertiary/aromatic N) is 3. The fourth-order valence-corrected chi connectivity index (χ4v) is 2.77. The Labute approximate surface area is 166 Å². The molecule has 2 rings (SSSR count). The number of nitrogens with one attached hydrogen (secondary N) is 2. The van der Waals surface area contributed by atoms with Crippen molar-refractivity contribution in [1.29, 1.82) is 0 Å². The standard InChI is InChI=1S/C16H17F6N5OS/c1-2-23-14(26-8-12-27-11(9-29-12)16(20,21)22)25-6-7-28-13-10(15(17,18)19)4-3-5-24-13/h3-5,9H,2,6-8H2,1H3,(H2,23,25,26). The Hall–Kier alpha value is -2.57. The number of aromatic nitrogens is 2. The highest BCUT2D eigenvalue weighted by atomic mass is 32.1. The molecule has 0 aliphatic heterocycles.